The molecular weight excluding hydrogens is 420 g/mol. The van der Waals surface area contributed by atoms with Gasteiger partial charge in [0.25, 0.3) is 0 Å². The third-order valence-electron chi connectivity index (χ3n) is 3.94. The molecule has 3 N–H and O–H groups in total. The summed E-state index contributed by atoms with van der Waals surface area (Å²) in [5.74, 6) is 0.499. The Labute approximate surface area is 158 Å². The van der Waals surface area contributed by atoms with Gasteiger partial charge in [-0.05, 0) is 30.2 Å². The van der Waals surface area contributed by atoms with Crippen molar-refractivity contribution in [1.82, 2.24) is 0 Å². The van der Waals surface area contributed by atoms with Gasteiger partial charge in [0, 0.05) is 24.3 Å². The number of nitrogens with two attached hydrogens (primary N) is 1. The van der Waals surface area contributed by atoms with Crippen molar-refractivity contribution in [3.63, 3.8) is 0 Å². The lowest BCUT2D eigenvalue weighted by molar-refractivity contribution is 0.185. The van der Waals surface area contributed by atoms with Gasteiger partial charge in [-0.2, -0.15) is 0 Å². The van der Waals surface area contributed by atoms with Crippen LogP contribution in [-0.4, -0.2) is 19.1 Å². The molecule has 4 nitrogen and oxygen atoms in total. The number of nitrogens with zero attached hydrogens (tertiary/aromatic N) is 1. The van der Waals surface area contributed by atoms with Crippen LogP contribution in [0.15, 0.2) is 53.5 Å². The van der Waals surface area contributed by atoms with Gasteiger partial charge in [0.1, 0.15) is 5.82 Å². The van der Waals surface area contributed by atoms with E-state index in [1.54, 1.807) is 7.11 Å². The lowest BCUT2D eigenvalue weighted by Crippen LogP contribution is -2.24. The van der Waals surface area contributed by atoms with Crippen LogP contribution < -0.4 is 11.1 Å². The zero-order valence-electron chi connectivity index (χ0n) is 13.4. The van der Waals surface area contributed by atoms with Gasteiger partial charge in [-0.15, -0.1) is 24.0 Å². The highest BCUT2D eigenvalue weighted by Crippen LogP contribution is 2.43. The lowest BCUT2D eigenvalue weighted by atomic mass is 10.1. The highest BCUT2D eigenvalue weighted by atomic mass is 127. The number of hydrogen-bond acceptors (Lipinski definition) is 2. The number of ether oxygens (including phenoxy) is 1. The molecule has 0 unspecified atom stereocenters. The van der Waals surface area contributed by atoms with E-state index in [0.29, 0.717) is 18.5 Å². The first-order valence-corrected chi connectivity index (χ1v) is 7.60. The number of rotatable bonds is 5. The summed E-state index contributed by atoms with van der Waals surface area (Å²) in [6.07, 6.45) is 0.938. The SMILES string of the molecule is COCc1ccccc1NC(N)=N[C@@H]1C[C@H]1c1ccc(F)cc1.I. The van der Waals surface area contributed by atoms with Gasteiger partial charge in [0.2, 0.25) is 0 Å². The second-order valence-electron chi connectivity index (χ2n) is 5.69. The second-order valence-corrected chi connectivity index (χ2v) is 5.69. The molecule has 0 aromatic heterocycles. The van der Waals surface area contributed by atoms with Crippen LogP contribution in [0.3, 0.4) is 0 Å². The van der Waals surface area contributed by atoms with Gasteiger partial charge in [0.15, 0.2) is 5.96 Å². The zero-order valence-corrected chi connectivity index (χ0v) is 15.7. The van der Waals surface area contributed by atoms with Crippen LogP contribution in [-0.2, 0) is 11.3 Å². The standard InChI is InChI=1S/C18H20FN3O.HI/c1-23-11-13-4-2-3-5-16(13)21-18(20)22-17-10-15(17)12-6-8-14(19)9-7-12;/h2-9,15,17H,10-11H2,1H3,(H3,20,21,22);1H/t15-,17+;/m0./s1. The van der Waals surface area contributed by atoms with E-state index in [2.05, 4.69) is 10.3 Å². The number of para-hydroxylation sites is 1. The topological polar surface area (TPSA) is 59.6 Å². The van der Waals surface area contributed by atoms with Gasteiger partial charge in [-0.3, -0.25) is 0 Å². The third kappa shape index (κ3) is 4.67. The van der Waals surface area contributed by atoms with Crippen molar-refractivity contribution in [3.8, 4) is 0 Å². The van der Waals surface area contributed by atoms with E-state index in [1.807, 2.05) is 36.4 Å². The number of halogens is 2. The van der Waals surface area contributed by atoms with Gasteiger partial charge in [0.05, 0.1) is 12.6 Å². The Balaban J connectivity index is 0.00000208. The second kappa shape index (κ2) is 8.43. The number of aliphatic imine (C=N–C) groups is 1. The van der Waals surface area contributed by atoms with E-state index in [-0.39, 0.29) is 35.8 Å². The fourth-order valence-corrected chi connectivity index (χ4v) is 2.67. The molecule has 2 atom stereocenters. The lowest BCUT2D eigenvalue weighted by Gasteiger charge is -2.10. The molecule has 0 saturated heterocycles. The smallest absolute Gasteiger partial charge is 0.193 e. The highest BCUT2D eigenvalue weighted by molar-refractivity contribution is 14.0. The van der Waals surface area contributed by atoms with Gasteiger partial charge < -0.3 is 15.8 Å². The quantitative estimate of drug-likeness (QED) is 0.421. The largest absolute Gasteiger partial charge is 0.380 e. The Morgan fingerprint density at radius 3 is 2.67 bits per heavy atom. The molecule has 0 heterocycles. The summed E-state index contributed by atoms with van der Waals surface area (Å²) in [6, 6.07) is 14.6. The van der Waals surface area contributed by atoms with E-state index in [0.717, 1.165) is 23.2 Å². The number of hydrogen-bond donors (Lipinski definition) is 2. The number of guanidine groups is 1. The van der Waals surface area contributed by atoms with E-state index in [4.69, 9.17) is 10.5 Å². The van der Waals surface area contributed by atoms with E-state index < -0.39 is 0 Å². The molecule has 1 saturated carbocycles. The van der Waals surface area contributed by atoms with E-state index >= 15 is 0 Å². The number of methoxy groups -OCH3 is 1. The van der Waals surface area contributed by atoms with Crippen molar-refractivity contribution in [2.24, 2.45) is 10.7 Å². The Bertz CT molecular complexity index is 706. The maximum absolute atomic E-state index is 13.0. The molecule has 128 valence electrons. The molecule has 2 aromatic rings. The van der Waals surface area contributed by atoms with Crippen LogP contribution in [0, 0.1) is 5.82 Å². The van der Waals surface area contributed by atoms with Crippen molar-refractivity contribution in [3.05, 3.63) is 65.5 Å². The Hall–Kier alpha value is -1.67. The van der Waals surface area contributed by atoms with Crippen LogP contribution in [0.1, 0.15) is 23.5 Å². The molecule has 0 bridgehead atoms. The average molecular weight is 441 g/mol. The summed E-state index contributed by atoms with van der Waals surface area (Å²) in [7, 11) is 1.66. The van der Waals surface area contributed by atoms with Crippen LogP contribution in [0.4, 0.5) is 10.1 Å². The average Bonchev–Trinajstić information content (AvgIpc) is 3.29. The van der Waals surface area contributed by atoms with Crippen molar-refractivity contribution < 1.29 is 9.13 Å². The summed E-state index contributed by atoms with van der Waals surface area (Å²) in [6.45, 7) is 0.512. The first-order chi connectivity index (χ1) is 11.2. The maximum atomic E-state index is 13.0. The van der Waals surface area contributed by atoms with Crippen molar-refractivity contribution in [1.29, 1.82) is 0 Å². The number of anilines is 1. The van der Waals surface area contributed by atoms with Gasteiger partial charge >= 0.3 is 0 Å². The highest BCUT2D eigenvalue weighted by Gasteiger charge is 2.38. The molecule has 0 radical (unpaired) electrons. The summed E-state index contributed by atoms with van der Waals surface area (Å²) in [4.78, 5) is 4.51. The molecule has 0 aliphatic heterocycles. The summed E-state index contributed by atoms with van der Waals surface area (Å²) >= 11 is 0. The Kier molecular flexibility index (Phi) is 6.56. The summed E-state index contributed by atoms with van der Waals surface area (Å²) in [5.41, 5.74) is 9.04. The van der Waals surface area contributed by atoms with Crippen LogP contribution in [0.25, 0.3) is 0 Å². The number of benzene rings is 2. The minimum absolute atomic E-state index is 0. The van der Waals surface area contributed by atoms with Crippen LogP contribution in [0.5, 0.6) is 0 Å². The monoisotopic (exact) mass is 441 g/mol. The van der Waals surface area contributed by atoms with Crippen molar-refractivity contribution in [2.45, 2.75) is 25.0 Å². The third-order valence-corrected chi connectivity index (χ3v) is 3.94. The zero-order chi connectivity index (χ0) is 16.2. The van der Waals surface area contributed by atoms with Crippen LogP contribution >= 0.6 is 24.0 Å². The van der Waals surface area contributed by atoms with Crippen molar-refractivity contribution >= 4 is 35.6 Å². The number of nitrogens with one attached hydrogen (secondary N) is 1. The minimum Gasteiger partial charge on any atom is -0.380 e. The van der Waals surface area contributed by atoms with Crippen molar-refractivity contribution in [2.75, 3.05) is 12.4 Å². The molecule has 1 aliphatic carbocycles. The predicted octanol–water partition coefficient (Wildman–Crippen LogP) is 3.87. The molecule has 2 aromatic carbocycles. The normalized spacial score (nSPS) is 19.5. The molecular formula is C18H21FIN3O. The first kappa shape index (κ1) is 18.7. The summed E-state index contributed by atoms with van der Waals surface area (Å²) < 4.78 is 18.1. The Morgan fingerprint density at radius 2 is 1.96 bits per heavy atom. The van der Waals surface area contributed by atoms with E-state index in [1.165, 1.54) is 12.1 Å². The molecule has 0 amide bonds. The molecule has 24 heavy (non-hydrogen) atoms. The van der Waals surface area contributed by atoms with Gasteiger partial charge in [-0.25, -0.2) is 9.38 Å². The molecule has 1 aliphatic rings. The molecule has 6 heteroatoms. The van der Waals surface area contributed by atoms with Crippen LogP contribution in [0.2, 0.25) is 0 Å². The maximum Gasteiger partial charge on any atom is 0.193 e. The molecule has 3 rings (SSSR count). The molecule has 1 fully saturated rings. The Morgan fingerprint density at radius 1 is 1.25 bits per heavy atom. The first-order valence-electron chi connectivity index (χ1n) is 7.60. The fourth-order valence-electron chi connectivity index (χ4n) is 2.67. The van der Waals surface area contributed by atoms with E-state index in [9.17, 15) is 4.39 Å². The van der Waals surface area contributed by atoms with Gasteiger partial charge in [-0.1, -0.05) is 30.3 Å². The predicted molar refractivity (Wildman–Crippen MR) is 105 cm³/mol. The molecule has 0 spiro atoms. The summed E-state index contributed by atoms with van der Waals surface area (Å²) in [5, 5.41) is 3.14. The fraction of sp³-hybridized carbons (Fsp3) is 0.278. The minimum atomic E-state index is -0.217.